The predicted octanol–water partition coefficient (Wildman–Crippen LogP) is 3.20. The summed E-state index contributed by atoms with van der Waals surface area (Å²) in [6.07, 6.45) is 1.89. The van der Waals surface area contributed by atoms with Gasteiger partial charge >= 0.3 is 0 Å². The average molecular weight is 245 g/mol. The fourth-order valence-corrected chi connectivity index (χ4v) is 2.32. The van der Waals surface area contributed by atoms with Gasteiger partial charge in [-0.05, 0) is 18.9 Å². The van der Waals surface area contributed by atoms with Gasteiger partial charge in [-0.2, -0.15) is 0 Å². The number of aryl methyl sites for hydroxylation is 2. The van der Waals surface area contributed by atoms with E-state index in [1.165, 1.54) is 5.56 Å². The Morgan fingerprint density at radius 1 is 1.29 bits per heavy atom. The van der Waals surface area contributed by atoms with Crippen molar-refractivity contribution >= 4 is 17.1 Å². The second kappa shape index (κ2) is 5.73. The van der Waals surface area contributed by atoms with E-state index >= 15 is 0 Å². The van der Waals surface area contributed by atoms with Crippen LogP contribution in [0.1, 0.15) is 22.7 Å². The summed E-state index contributed by atoms with van der Waals surface area (Å²) in [5, 5.41) is 2.99. The molecule has 0 amide bonds. The van der Waals surface area contributed by atoms with Crippen molar-refractivity contribution in [3.05, 3.63) is 52.0 Å². The number of Topliss-reactive ketones (excluding diaryl/α,β-unsaturated/α-hetero) is 1. The maximum Gasteiger partial charge on any atom is 0.139 e. The molecule has 0 spiro atoms. The fraction of sp³-hybridized carbons (Fsp3) is 0.286. The highest BCUT2D eigenvalue weighted by Gasteiger charge is 2.06. The molecule has 0 N–H and O–H groups in total. The zero-order valence-electron chi connectivity index (χ0n) is 9.85. The van der Waals surface area contributed by atoms with Crippen LogP contribution in [0.15, 0.2) is 35.7 Å². The Morgan fingerprint density at radius 3 is 2.71 bits per heavy atom. The highest BCUT2D eigenvalue weighted by atomic mass is 32.1. The van der Waals surface area contributed by atoms with Crippen LogP contribution in [-0.2, 0) is 17.6 Å². The van der Waals surface area contributed by atoms with Crippen molar-refractivity contribution in [1.82, 2.24) is 4.98 Å². The van der Waals surface area contributed by atoms with Crippen LogP contribution in [0.4, 0.5) is 0 Å². The summed E-state index contributed by atoms with van der Waals surface area (Å²) in [5.41, 5.74) is 2.13. The van der Waals surface area contributed by atoms with E-state index in [1.807, 2.05) is 30.5 Å². The molecular weight excluding hydrogens is 230 g/mol. The zero-order chi connectivity index (χ0) is 12.1. The van der Waals surface area contributed by atoms with Crippen LogP contribution in [0.5, 0.6) is 0 Å². The minimum absolute atomic E-state index is 0.263. The predicted molar refractivity (Wildman–Crippen MR) is 70.3 cm³/mol. The summed E-state index contributed by atoms with van der Waals surface area (Å²) in [6.45, 7) is 1.96. The summed E-state index contributed by atoms with van der Waals surface area (Å²) < 4.78 is 0. The number of rotatable bonds is 5. The average Bonchev–Trinajstić information content (AvgIpc) is 2.73. The molecule has 0 aliphatic heterocycles. The molecule has 0 fully saturated rings. The topological polar surface area (TPSA) is 30.0 Å². The molecule has 1 heterocycles. The van der Waals surface area contributed by atoms with Crippen molar-refractivity contribution in [2.24, 2.45) is 0 Å². The second-order valence-electron chi connectivity index (χ2n) is 4.06. The Kier molecular flexibility index (Phi) is 4.04. The van der Waals surface area contributed by atoms with Gasteiger partial charge in [-0.25, -0.2) is 4.98 Å². The van der Waals surface area contributed by atoms with Gasteiger partial charge in [0, 0.05) is 18.2 Å². The lowest BCUT2D eigenvalue weighted by atomic mass is 10.1. The first-order valence-corrected chi connectivity index (χ1v) is 6.58. The number of carbonyl (C=O) groups is 1. The van der Waals surface area contributed by atoms with Crippen molar-refractivity contribution in [3.63, 3.8) is 0 Å². The molecule has 0 radical (unpaired) electrons. The third kappa shape index (κ3) is 3.79. The van der Waals surface area contributed by atoms with E-state index in [9.17, 15) is 4.79 Å². The highest BCUT2D eigenvalue weighted by Crippen LogP contribution is 2.10. The highest BCUT2D eigenvalue weighted by molar-refractivity contribution is 7.09. The molecule has 0 saturated carbocycles. The van der Waals surface area contributed by atoms with Crippen LogP contribution in [0.25, 0.3) is 0 Å². The van der Waals surface area contributed by atoms with Crippen molar-refractivity contribution in [3.8, 4) is 0 Å². The lowest BCUT2D eigenvalue weighted by Gasteiger charge is -1.99. The molecule has 2 nitrogen and oxygen atoms in total. The summed E-state index contributed by atoms with van der Waals surface area (Å²) in [5.74, 6) is 0.263. The van der Waals surface area contributed by atoms with Crippen molar-refractivity contribution in [1.29, 1.82) is 0 Å². The van der Waals surface area contributed by atoms with Gasteiger partial charge in [-0.3, -0.25) is 4.79 Å². The van der Waals surface area contributed by atoms with Gasteiger partial charge in [0.15, 0.2) is 0 Å². The standard InChI is InChI=1S/C14H15NOS/c1-11-15-13(10-17-11)9-14(16)8-7-12-5-3-2-4-6-12/h2-6,10H,7-9H2,1H3. The van der Waals surface area contributed by atoms with E-state index in [1.54, 1.807) is 11.3 Å². The molecule has 0 aliphatic rings. The Morgan fingerprint density at radius 2 is 2.06 bits per heavy atom. The van der Waals surface area contributed by atoms with Gasteiger partial charge in [-0.15, -0.1) is 11.3 Å². The first-order valence-electron chi connectivity index (χ1n) is 5.70. The van der Waals surface area contributed by atoms with Crippen LogP contribution < -0.4 is 0 Å². The maximum absolute atomic E-state index is 11.8. The maximum atomic E-state index is 11.8. The molecule has 17 heavy (non-hydrogen) atoms. The van der Waals surface area contributed by atoms with Crippen LogP contribution in [0.2, 0.25) is 0 Å². The molecular formula is C14H15NOS. The number of hydrogen-bond acceptors (Lipinski definition) is 3. The molecule has 2 rings (SSSR count). The SMILES string of the molecule is Cc1nc(CC(=O)CCc2ccccc2)cs1. The smallest absolute Gasteiger partial charge is 0.139 e. The monoisotopic (exact) mass is 245 g/mol. The Hall–Kier alpha value is -1.48. The summed E-state index contributed by atoms with van der Waals surface area (Å²) >= 11 is 1.60. The molecule has 0 aliphatic carbocycles. The lowest BCUT2D eigenvalue weighted by molar-refractivity contribution is -0.118. The number of carbonyl (C=O) groups excluding carboxylic acids is 1. The normalized spacial score (nSPS) is 10.4. The number of ketones is 1. The fourth-order valence-electron chi connectivity index (χ4n) is 1.71. The van der Waals surface area contributed by atoms with E-state index in [4.69, 9.17) is 0 Å². The molecule has 0 saturated heterocycles. The Labute approximate surface area is 105 Å². The van der Waals surface area contributed by atoms with Crippen molar-refractivity contribution in [2.45, 2.75) is 26.2 Å². The van der Waals surface area contributed by atoms with Crippen LogP contribution in [-0.4, -0.2) is 10.8 Å². The number of aromatic nitrogens is 1. The molecule has 88 valence electrons. The molecule has 0 atom stereocenters. The van der Waals surface area contributed by atoms with Gasteiger partial charge in [0.1, 0.15) is 5.78 Å². The van der Waals surface area contributed by atoms with Crippen LogP contribution >= 0.6 is 11.3 Å². The summed E-state index contributed by atoms with van der Waals surface area (Å²) in [6, 6.07) is 10.1. The Balaban J connectivity index is 1.82. The van der Waals surface area contributed by atoms with E-state index in [0.717, 1.165) is 17.1 Å². The summed E-state index contributed by atoms with van der Waals surface area (Å²) in [7, 11) is 0. The first-order chi connectivity index (χ1) is 8.24. The molecule has 0 bridgehead atoms. The van der Waals surface area contributed by atoms with Gasteiger partial charge < -0.3 is 0 Å². The lowest BCUT2D eigenvalue weighted by Crippen LogP contribution is -2.04. The number of nitrogens with zero attached hydrogens (tertiary/aromatic N) is 1. The van der Waals surface area contributed by atoms with E-state index in [-0.39, 0.29) is 5.78 Å². The van der Waals surface area contributed by atoms with Gasteiger partial charge in [0.2, 0.25) is 0 Å². The molecule has 2 aromatic rings. The number of hydrogen-bond donors (Lipinski definition) is 0. The molecule has 1 aromatic carbocycles. The van der Waals surface area contributed by atoms with Crippen molar-refractivity contribution < 1.29 is 4.79 Å². The van der Waals surface area contributed by atoms with E-state index in [2.05, 4.69) is 17.1 Å². The van der Waals surface area contributed by atoms with E-state index < -0.39 is 0 Å². The van der Waals surface area contributed by atoms with Crippen LogP contribution in [0, 0.1) is 6.92 Å². The second-order valence-corrected chi connectivity index (χ2v) is 5.12. The first kappa shape index (κ1) is 12.0. The number of thiazole rings is 1. The minimum atomic E-state index is 0.263. The van der Waals surface area contributed by atoms with Crippen molar-refractivity contribution in [2.75, 3.05) is 0 Å². The molecule has 0 unspecified atom stereocenters. The third-order valence-corrected chi connectivity index (χ3v) is 3.40. The van der Waals surface area contributed by atoms with Gasteiger partial charge in [0.05, 0.1) is 10.7 Å². The largest absolute Gasteiger partial charge is 0.299 e. The molecule has 1 aromatic heterocycles. The zero-order valence-corrected chi connectivity index (χ0v) is 10.7. The summed E-state index contributed by atoms with van der Waals surface area (Å²) in [4.78, 5) is 16.1. The minimum Gasteiger partial charge on any atom is -0.299 e. The van der Waals surface area contributed by atoms with E-state index in [0.29, 0.717) is 12.8 Å². The van der Waals surface area contributed by atoms with Crippen LogP contribution in [0.3, 0.4) is 0 Å². The number of benzene rings is 1. The van der Waals surface area contributed by atoms with Gasteiger partial charge in [-0.1, -0.05) is 30.3 Å². The third-order valence-electron chi connectivity index (χ3n) is 2.58. The Bertz CT molecular complexity index is 490. The van der Waals surface area contributed by atoms with Gasteiger partial charge in [0.25, 0.3) is 0 Å². The quantitative estimate of drug-likeness (QED) is 0.809. The molecule has 3 heteroatoms.